The fourth-order valence-corrected chi connectivity index (χ4v) is 5.78. The summed E-state index contributed by atoms with van der Waals surface area (Å²) in [6.07, 6.45) is -2.38. The molecule has 0 bridgehead atoms. The average molecular weight is 612 g/mol. The van der Waals surface area contributed by atoms with E-state index in [1.54, 1.807) is 24.0 Å². The molecule has 2 aromatic carbocycles. The van der Waals surface area contributed by atoms with Crippen LogP contribution in [0.5, 0.6) is 11.5 Å². The molecule has 0 aromatic heterocycles. The number of hydrogen-bond donors (Lipinski definition) is 0. The third-order valence-corrected chi connectivity index (χ3v) is 7.97. The average Bonchev–Trinajstić information content (AvgIpc) is 2.96. The lowest BCUT2D eigenvalue weighted by Gasteiger charge is -2.36. The smallest absolute Gasteiger partial charge is 0.436 e. The minimum Gasteiger partial charge on any atom is -0.492 e. The number of imide groups is 1. The first kappa shape index (κ1) is 31.5. The van der Waals surface area contributed by atoms with Crippen molar-refractivity contribution >= 4 is 46.0 Å². The van der Waals surface area contributed by atoms with Gasteiger partial charge in [0, 0.05) is 18.7 Å². The van der Waals surface area contributed by atoms with Crippen molar-refractivity contribution in [2.45, 2.75) is 30.6 Å². The van der Waals surface area contributed by atoms with Crippen LogP contribution in [0.2, 0.25) is 5.02 Å². The molecule has 1 saturated heterocycles. The van der Waals surface area contributed by atoms with Crippen LogP contribution in [-0.2, 0) is 24.3 Å². The molecule has 0 atom stereocenters. The number of aryl methyl sites for hydroxylation is 1. The van der Waals surface area contributed by atoms with Crippen molar-refractivity contribution < 1.29 is 45.9 Å². The van der Waals surface area contributed by atoms with E-state index in [4.69, 9.17) is 20.5 Å². The lowest BCUT2D eigenvalue weighted by molar-refractivity contribution is 0.113. The Balaban J connectivity index is 1.93. The van der Waals surface area contributed by atoms with Crippen LogP contribution in [0, 0.1) is 6.92 Å². The van der Waals surface area contributed by atoms with Gasteiger partial charge in [-0.1, -0.05) is 29.8 Å². The summed E-state index contributed by atoms with van der Waals surface area (Å²) < 4.78 is 51.2. The maximum Gasteiger partial charge on any atom is 0.436 e. The van der Waals surface area contributed by atoms with Crippen molar-refractivity contribution in [1.82, 2.24) is 9.80 Å². The van der Waals surface area contributed by atoms with E-state index in [2.05, 4.69) is 19.2 Å². The Morgan fingerprint density at radius 2 is 1.59 bits per heavy atom. The van der Waals surface area contributed by atoms with E-state index < -0.39 is 28.4 Å². The van der Waals surface area contributed by atoms with Gasteiger partial charge in [0.2, 0.25) is 5.96 Å². The number of rotatable bonds is 5. The van der Waals surface area contributed by atoms with Crippen molar-refractivity contribution in [2.75, 3.05) is 41.5 Å². The van der Waals surface area contributed by atoms with Crippen LogP contribution in [0.3, 0.4) is 0 Å². The van der Waals surface area contributed by atoms with Gasteiger partial charge in [-0.3, -0.25) is 0 Å². The highest BCUT2D eigenvalue weighted by atomic mass is 35.5. The Morgan fingerprint density at radius 3 is 2.12 bits per heavy atom. The Kier molecular flexibility index (Phi) is 10.4. The quantitative estimate of drug-likeness (QED) is 0.202. The van der Waals surface area contributed by atoms with E-state index in [1.165, 1.54) is 25.3 Å². The van der Waals surface area contributed by atoms with Gasteiger partial charge in [0.1, 0.15) is 4.90 Å². The molecule has 1 aliphatic heterocycles. The van der Waals surface area contributed by atoms with Crippen molar-refractivity contribution in [3.8, 4) is 11.5 Å². The van der Waals surface area contributed by atoms with E-state index in [1.807, 2.05) is 6.07 Å². The van der Waals surface area contributed by atoms with Crippen LogP contribution in [0.4, 0.5) is 14.4 Å². The molecule has 2 aromatic rings. The summed E-state index contributed by atoms with van der Waals surface area (Å²) in [6.45, 7) is 2.26. The zero-order chi connectivity index (χ0) is 30.3. The highest BCUT2D eigenvalue weighted by Crippen LogP contribution is 2.42. The van der Waals surface area contributed by atoms with Gasteiger partial charge in [0.15, 0.2) is 11.5 Å². The molecule has 13 nitrogen and oxygen atoms in total. The normalized spacial score (nSPS) is 14.2. The number of carbonyl (C=O) groups is 3. The number of carbonyl (C=O) groups excluding carboxylic acids is 3. The van der Waals surface area contributed by atoms with Gasteiger partial charge in [-0.2, -0.15) is 8.42 Å². The first-order chi connectivity index (χ1) is 19.5. The second kappa shape index (κ2) is 13.5. The Labute approximate surface area is 242 Å². The lowest BCUT2D eigenvalue weighted by Crippen LogP contribution is -2.52. The van der Waals surface area contributed by atoms with Gasteiger partial charge < -0.3 is 28.0 Å². The van der Waals surface area contributed by atoms with Crippen LogP contribution < -0.4 is 8.92 Å². The number of methoxy groups -OCH3 is 4. The molecule has 1 heterocycles. The van der Waals surface area contributed by atoms with Gasteiger partial charge in [0.25, 0.3) is 0 Å². The number of ether oxygens (including phenoxy) is 4. The summed E-state index contributed by atoms with van der Waals surface area (Å²) in [7, 11) is 0.362. The fraction of sp³-hybridized carbons (Fsp3) is 0.385. The Morgan fingerprint density at radius 1 is 0.976 bits per heavy atom. The molecule has 0 unspecified atom stereocenters. The number of likely N-dealkylation sites (tertiary alicyclic amines) is 1. The second-order valence-electron chi connectivity index (χ2n) is 8.77. The van der Waals surface area contributed by atoms with Gasteiger partial charge in [0.05, 0.1) is 33.5 Å². The largest absolute Gasteiger partial charge is 0.492 e. The van der Waals surface area contributed by atoms with Gasteiger partial charge in [-0.15, -0.1) is 9.89 Å². The predicted molar refractivity (Wildman–Crippen MR) is 147 cm³/mol. The third kappa shape index (κ3) is 7.19. The molecule has 222 valence electrons. The monoisotopic (exact) mass is 611 g/mol. The number of guanidine groups is 1. The molecule has 15 heteroatoms. The molecule has 1 aliphatic rings. The summed E-state index contributed by atoms with van der Waals surface area (Å²) in [5.74, 6) is -0.241. The number of benzene rings is 2. The van der Waals surface area contributed by atoms with E-state index in [0.717, 1.165) is 26.9 Å². The van der Waals surface area contributed by atoms with Crippen molar-refractivity contribution in [1.29, 1.82) is 0 Å². The molecule has 0 saturated carbocycles. The molecular formula is C26H30ClN3O10S. The third-order valence-electron chi connectivity index (χ3n) is 6.24. The molecule has 0 spiro atoms. The first-order valence-electron chi connectivity index (χ1n) is 12.2. The SMILES string of the molecule is COC(=O)N=C(N1CCC(c2cc(C)cc(OS(=O)(=O)c3ccccc3Cl)c2OC)CC1)N(C(=O)OC)C(=O)OC. The molecule has 0 radical (unpaired) electrons. The number of amides is 3. The summed E-state index contributed by atoms with van der Waals surface area (Å²) in [6, 6.07) is 9.36. The minimum atomic E-state index is -4.28. The number of nitrogens with zero attached hydrogens (tertiary/aromatic N) is 3. The van der Waals surface area contributed by atoms with Crippen molar-refractivity contribution in [3.63, 3.8) is 0 Å². The van der Waals surface area contributed by atoms with Crippen LogP contribution in [0.1, 0.15) is 29.9 Å². The highest BCUT2D eigenvalue weighted by molar-refractivity contribution is 7.87. The Hall–Kier alpha value is -4.04. The zero-order valence-electron chi connectivity index (χ0n) is 23.1. The van der Waals surface area contributed by atoms with Crippen LogP contribution >= 0.6 is 11.6 Å². The van der Waals surface area contributed by atoms with Crippen LogP contribution in [0.25, 0.3) is 0 Å². The second-order valence-corrected chi connectivity index (χ2v) is 10.7. The Bertz CT molecular complexity index is 1420. The summed E-state index contributed by atoms with van der Waals surface area (Å²) in [5, 5.41) is 0.0177. The number of piperidine rings is 1. The van der Waals surface area contributed by atoms with Gasteiger partial charge >= 0.3 is 28.4 Å². The number of hydrogen-bond acceptors (Lipinski definition) is 10. The molecule has 3 rings (SSSR count). The molecule has 0 aliphatic carbocycles. The predicted octanol–water partition coefficient (Wildman–Crippen LogP) is 4.56. The maximum atomic E-state index is 13.0. The minimum absolute atomic E-state index is 0.000324. The van der Waals surface area contributed by atoms with E-state index in [0.29, 0.717) is 23.3 Å². The molecule has 3 amide bonds. The van der Waals surface area contributed by atoms with Crippen molar-refractivity contribution in [2.24, 2.45) is 4.99 Å². The maximum absolute atomic E-state index is 13.0. The first-order valence-corrected chi connectivity index (χ1v) is 14.0. The topological polar surface area (TPSA) is 150 Å². The van der Waals surface area contributed by atoms with Crippen molar-refractivity contribution in [3.05, 3.63) is 52.5 Å². The molecular weight excluding hydrogens is 582 g/mol. The highest BCUT2D eigenvalue weighted by Gasteiger charge is 2.36. The molecule has 1 fully saturated rings. The lowest BCUT2D eigenvalue weighted by atomic mass is 9.87. The summed E-state index contributed by atoms with van der Waals surface area (Å²) in [5.41, 5.74) is 1.42. The van der Waals surface area contributed by atoms with Crippen LogP contribution in [-0.4, -0.2) is 84.0 Å². The van der Waals surface area contributed by atoms with Crippen LogP contribution in [0.15, 0.2) is 46.3 Å². The van der Waals surface area contributed by atoms with E-state index >= 15 is 0 Å². The van der Waals surface area contributed by atoms with E-state index in [-0.39, 0.29) is 46.4 Å². The standard InChI is InChI=1S/C26H30ClN3O10S/c1-16-14-18(22(36-2)20(15-16)40-41(34,35)21-9-7-6-8-19(21)27)17-10-12-29(13-11-17)23(28-24(31)37-3)30(25(32)38-4)26(33)39-5/h6-9,14-15,17H,10-13H2,1-5H3. The van der Waals surface area contributed by atoms with E-state index in [9.17, 15) is 22.8 Å². The molecule has 0 N–H and O–H groups in total. The van der Waals surface area contributed by atoms with Gasteiger partial charge in [-0.25, -0.2) is 14.4 Å². The zero-order valence-corrected chi connectivity index (χ0v) is 24.7. The summed E-state index contributed by atoms with van der Waals surface area (Å²) in [4.78, 5) is 42.5. The fourth-order valence-electron chi connectivity index (χ4n) is 4.36. The number of halogens is 1. The molecule has 41 heavy (non-hydrogen) atoms. The van der Waals surface area contributed by atoms with Gasteiger partial charge in [-0.05, 0) is 49.4 Å². The number of aliphatic imine (C=N–C) groups is 1. The summed E-state index contributed by atoms with van der Waals surface area (Å²) >= 11 is 6.10.